The second-order valence-electron chi connectivity index (χ2n) is 5.08. The Morgan fingerprint density at radius 1 is 1.48 bits per heavy atom. The number of aryl methyl sites for hydroxylation is 1. The zero-order chi connectivity index (χ0) is 14.7. The summed E-state index contributed by atoms with van der Waals surface area (Å²) in [4.78, 5) is 11.6. The molecule has 3 N–H and O–H groups in total. The van der Waals surface area contributed by atoms with Gasteiger partial charge in [0.25, 0.3) is 0 Å². The molecule has 1 heterocycles. The summed E-state index contributed by atoms with van der Waals surface area (Å²) in [5.74, 6) is 0.294. The van der Waals surface area contributed by atoms with E-state index in [-0.39, 0.29) is 30.2 Å². The predicted octanol–water partition coefficient (Wildman–Crippen LogP) is 3.05. The summed E-state index contributed by atoms with van der Waals surface area (Å²) in [7, 11) is 0. The number of fused-ring (bicyclic) bond motifs is 1. The molecule has 21 heavy (non-hydrogen) atoms. The minimum absolute atomic E-state index is 0. The Hall–Kier alpha value is -1.59. The van der Waals surface area contributed by atoms with E-state index in [9.17, 15) is 9.18 Å². The van der Waals surface area contributed by atoms with Crippen LogP contribution in [-0.2, 0) is 11.3 Å². The topological polar surface area (TPSA) is 68.3 Å². The lowest BCUT2D eigenvalue weighted by atomic mass is 10.1. The molecule has 1 atom stereocenters. The quantitative estimate of drug-likeness (QED) is 0.891. The SMILES string of the molecule is Cc1c(CNC(=O)CCC(C)N)oc2ccc(F)cc12.Cl. The highest BCUT2D eigenvalue weighted by Crippen LogP contribution is 2.25. The maximum absolute atomic E-state index is 13.2. The first-order valence-corrected chi connectivity index (χ1v) is 6.67. The van der Waals surface area contributed by atoms with Crippen LogP contribution in [0.15, 0.2) is 22.6 Å². The smallest absolute Gasteiger partial charge is 0.220 e. The van der Waals surface area contributed by atoms with Gasteiger partial charge < -0.3 is 15.5 Å². The van der Waals surface area contributed by atoms with Gasteiger partial charge in [-0.15, -0.1) is 12.4 Å². The number of nitrogens with two attached hydrogens (primary N) is 1. The van der Waals surface area contributed by atoms with Crippen LogP contribution >= 0.6 is 12.4 Å². The van der Waals surface area contributed by atoms with E-state index in [0.717, 1.165) is 10.9 Å². The van der Waals surface area contributed by atoms with Crippen LogP contribution in [0.4, 0.5) is 4.39 Å². The fourth-order valence-electron chi connectivity index (χ4n) is 2.04. The molecule has 1 unspecified atom stereocenters. The summed E-state index contributed by atoms with van der Waals surface area (Å²) in [6.07, 6.45) is 1.04. The minimum atomic E-state index is -0.297. The van der Waals surface area contributed by atoms with Crippen molar-refractivity contribution >= 4 is 29.3 Å². The molecule has 6 heteroatoms. The van der Waals surface area contributed by atoms with Gasteiger partial charge in [-0.25, -0.2) is 4.39 Å². The van der Waals surface area contributed by atoms with Crippen molar-refractivity contribution < 1.29 is 13.6 Å². The second kappa shape index (κ2) is 7.43. The van der Waals surface area contributed by atoms with Gasteiger partial charge in [0, 0.05) is 23.4 Å². The Morgan fingerprint density at radius 2 is 2.19 bits per heavy atom. The number of nitrogens with one attached hydrogen (secondary N) is 1. The van der Waals surface area contributed by atoms with Gasteiger partial charge in [-0.2, -0.15) is 0 Å². The molecule has 0 aliphatic carbocycles. The van der Waals surface area contributed by atoms with E-state index in [1.807, 2.05) is 13.8 Å². The number of rotatable bonds is 5. The zero-order valence-corrected chi connectivity index (χ0v) is 12.9. The highest BCUT2D eigenvalue weighted by atomic mass is 35.5. The van der Waals surface area contributed by atoms with Crippen LogP contribution < -0.4 is 11.1 Å². The number of benzene rings is 1. The molecule has 0 radical (unpaired) electrons. The van der Waals surface area contributed by atoms with E-state index in [0.29, 0.717) is 30.7 Å². The highest BCUT2D eigenvalue weighted by molar-refractivity contribution is 5.85. The lowest BCUT2D eigenvalue weighted by molar-refractivity contribution is -0.121. The Bertz CT molecular complexity index is 625. The van der Waals surface area contributed by atoms with Crippen molar-refractivity contribution in [1.29, 1.82) is 0 Å². The van der Waals surface area contributed by atoms with Crippen molar-refractivity contribution in [2.24, 2.45) is 5.73 Å². The third kappa shape index (κ3) is 4.44. The Balaban J connectivity index is 0.00000220. The van der Waals surface area contributed by atoms with Crippen molar-refractivity contribution in [2.75, 3.05) is 0 Å². The molecule has 0 saturated carbocycles. The predicted molar refractivity (Wildman–Crippen MR) is 82.9 cm³/mol. The third-order valence-corrected chi connectivity index (χ3v) is 3.27. The molecular weight excluding hydrogens is 295 g/mol. The number of carbonyl (C=O) groups excluding carboxylic acids is 1. The molecule has 0 aliphatic rings. The van der Waals surface area contributed by atoms with Gasteiger partial charge in [-0.05, 0) is 38.5 Å². The first kappa shape index (κ1) is 17.5. The van der Waals surface area contributed by atoms with Crippen LogP contribution in [0, 0.1) is 12.7 Å². The first-order chi connectivity index (χ1) is 9.47. The maximum Gasteiger partial charge on any atom is 0.220 e. The zero-order valence-electron chi connectivity index (χ0n) is 12.1. The molecule has 116 valence electrons. The Morgan fingerprint density at radius 3 is 2.86 bits per heavy atom. The van der Waals surface area contributed by atoms with Crippen molar-refractivity contribution in [3.63, 3.8) is 0 Å². The van der Waals surface area contributed by atoms with Crippen LogP contribution in [0.25, 0.3) is 11.0 Å². The lowest BCUT2D eigenvalue weighted by Gasteiger charge is -2.06. The lowest BCUT2D eigenvalue weighted by Crippen LogP contribution is -2.25. The molecule has 0 aliphatic heterocycles. The summed E-state index contributed by atoms with van der Waals surface area (Å²) < 4.78 is 18.8. The van der Waals surface area contributed by atoms with Crippen molar-refractivity contribution in [3.8, 4) is 0 Å². The van der Waals surface area contributed by atoms with Gasteiger partial charge in [0.1, 0.15) is 17.2 Å². The van der Waals surface area contributed by atoms with E-state index in [1.54, 1.807) is 6.07 Å². The van der Waals surface area contributed by atoms with Crippen LogP contribution in [0.1, 0.15) is 31.1 Å². The van der Waals surface area contributed by atoms with E-state index in [4.69, 9.17) is 10.2 Å². The van der Waals surface area contributed by atoms with Gasteiger partial charge in [0.15, 0.2) is 0 Å². The van der Waals surface area contributed by atoms with Crippen molar-refractivity contribution in [3.05, 3.63) is 35.3 Å². The molecule has 1 amide bonds. The molecule has 0 bridgehead atoms. The molecule has 1 aromatic heterocycles. The third-order valence-electron chi connectivity index (χ3n) is 3.27. The standard InChI is InChI=1S/C15H19FN2O2.ClH/c1-9(17)3-6-15(19)18-8-14-10(2)12-7-11(16)4-5-13(12)20-14;/h4-5,7,9H,3,6,8,17H2,1-2H3,(H,18,19);1H. The second-order valence-corrected chi connectivity index (χ2v) is 5.08. The Labute approximate surface area is 129 Å². The summed E-state index contributed by atoms with van der Waals surface area (Å²) in [6.45, 7) is 4.03. The first-order valence-electron chi connectivity index (χ1n) is 6.67. The molecule has 2 aromatic rings. The summed E-state index contributed by atoms with van der Waals surface area (Å²) in [5, 5.41) is 3.53. The van der Waals surface area contributed by atoms with Gasteiger partial charge in [0.05, 0.1) is 6.54 Å². The Kier molecular flexibility index (Phi) is 6.18. The number of hydrogen-bond acceptors (Lipinski definition) is 3. The van der Waals surface area contributed by atoms with Crippen LogP contribution in [0.5, 0.6) is 0 Å². The summed E-state index contributed by atoms with van der Waals surface area (Å²) in [6, 6.07) is 4.40. The summed E-state index contributed by atoms with van der Waals surface area (Å²) >= 11 is 0. The average molecular weight is 315 g/mol. The molecule has 0 saturated heterocycles. The van der Waals surface area contributed by atoms with Crippen LogP contribution in [0.3, 0.4) is 0 Å². The molecule has 4 nitrogen and oxygen atoms in total. The number of halogens is 2. The molecular formula is C15H20ClFN2O2. The van der Waals surface area contributed by atoms with E-state index >= 15 is 0 Å². The fourth-order valence-corrected chi connectivity index (χ4v) is 2.04. The summed E-state index contributed by atoms with van der Waals surface area (Å²) in [5.41, 5.74) is 7.09. The van der Waals surface area contributed by atoms with Crippen LogP contribution in [0.2, 0.25) is 0 Å². The molecule has 2 rings (SSSR count). The van der Waals surface area contributed by atoms with E-state index < -0.39 is 0 Å². The monoisotopic (exact) mass is 314 g/mol. The average Bonchev–Trinajstić information content (AvgIpc) is 2.71. The van der Waals surface area contributed by atoms with Gasteiger partial charge in [-0.3, -0.25) is 4.79 Å². The van der Waals surface area contributed by atoms with Gasteiger partial charge in [-0.1, -0.05) is 0 Å². The van der Waals surface area contributed by atoms with Crippen molar-refractivity contribution in [2.45, 2.75) is 39.3 Å². The van der Waals surface area contributed by atoms with E-state index in [1.165, 1.54) is 12.1 Å². The minimum Gasteiger partial charge on any atom is -0.459 e. The molecule has 0 spiro atoms. The largest absolute Gasteiger partial charge is 0.459 e. The number of amides is 1. The maximum atomic E-state index is 13.2. The van der Waals surface area contributed by atoms with Gasteiger partial charge >= 0.3 is 0 Å². The van der Waals surface area contributed by atoms with Crippen LogP contribution in [-0.4, -0.2) is 11.9 Å². The highest BCUT2D eigenvalue weighted by Gasteiger charge is 2.12. The number of furan rings is 1. The molecule has 0 fully saturated rings. The van der Waals surface area contributed by atoms with Crippen molar-refractivity contribution in [1.82, 2.24) is 5.32 Å². The number of carbonyl (C=O) groups is 1. The van der Waals surface area contributed by atoms with E-state index in [2.05, 4.69) is 5.32 Å². The number of hydrogen-bond donors (Lipinski definition) is 2. The normalized spacial score (nSPS) is 12.0. The fraction of sp³-hybridized carbons (Fsp3) is 0.400. The molecule has 1 aromatic carbocycles. The van der Waals surface area contributed by atoms with Gasteiger partial charge in [0.2, 0.25) is 5.91 Å².